The second-order valence-corrected chi connectivity index (χ2v) is 8.54. The molecule has 2 aliphatic rings. The van der Waals surface area contributed by atoms with Gasteiger partial charge in [0.15, 0.2) is 0 Å². The third kappa shape index (κ3) is 4.14. The maximum absolute atomic E-state index is 6.36. The quantitative estimate of drug-likeness (QED) is 0.559. The molecule has 4 heterocycles. The van der Waals surface area contributed by atoms with Gasteiger partial charge in [0.05, 0.1) is 22.9 Å². The summed E-state index contributed by atoms with van der Waals surface area (Å²) in [5, 5.41) is 7.43. The van der Waals surface area contributed by atoms with Crippen LogP contribution in [0.1, 0.15) is 11.4 Å². The average molecular weight is 425 g/mol. The molecule has 0 saturated carbocycles. The summed E-state index contributed by atoms with van der Waals surface area (Å²) in [5.74, 6) is 1.61. The van der Waals surface area contributed by atoms with Crippen molar-refractivity contribution in [3.63, 3.8) is 0 Å². The maximum Gasteiger partial charge on any atom is 0.292 e. The number of halogens is 1. The minimum Gasteiger partial charge on any atom is -0.432 e. The first-order valence-electron chi connectivity index (χ1n) is 10.3. The minimum atomic E-state index is 0.159. The van der Waals surface area contributed by atoms with Crippen molar-refractivity contribution in [2.45, 2.75) is 13.1 Å². The van der Waals surface area contributed by atoms with E-state index in [1.54, 1.807) is 0 Å². The molecule has 2 fully saturated rings. The largest absolute Gasteiger partial charge is 0.432 e. The van der Waals surface area contributed by atoms with Crippen LogP contribution < -0.4 is 16.4 Å². The van der Waals surface area contributed by atoms with Crippen LogP contribution in [0.15, 0.2) is 47.2 Å². The molecule has 2 atom stereocenters. The highest BCUT2D eigenvalue weighted by molar-refractivity contribution is 6.33. The van der Waals surface area contributed by atoms with Gasteiger partial charge in [-0.15, -0.1) is 0 Å². The van der Waals surface area contributed by atoms with E-state index in [1.807, 2.05) is 24.4 Å². The van der Waals surface area contributed by atoms with Crippen LogP contribution in [-0.4, -0.2) is 41.0 Å². The zero-order chi connectivity index (χ0) is 20.5. The predicted molar refractivity (Wildman–Crippen MR) is 118 cm³/mol. The van der Waals surface area contributed by atoms with E-state index in [1.165, 1.54) is 19.4 Å². The Morgan fingerprint density at radius 1 is 1.13 bits per heavy atom. The Morgan fingerprint density at radius 2 is 1.93 bits per heavy atom. The van der Waals surface area contributed by atoms with Crippen molar-refractivity contribution in [1.29, 1.82) is 0 Å². The van der Waals surface area contributed by atoms with Crippen LogP contribution in [0.25, 0.3) is 11.1 Å². The van der Waals surface area contributed by atoms with Crippen molar-refractivity contribution in [2.75, 3.05) is 37.2 Å². The third-order valence-corrected chi connectivity index (χ3v) is 6.33. The number of hydrogen-bond acceptors (Lipinski definition) is 7. The van der Waals surface area contributed by atoms with Gasteiger partial charge < -0.3 is 20.8 Å². The number of benzene rings is 1. The molecule has 1 aromatic carbocycles. The van der Waals surface area contributed by atoms with Crippen LogP contribution in [0.5, 0.6) is 0 Å². The number of rotatable bonds is 6. The molecule has 0 spiro atoms. The lowest BCUT2D eigenvalue weighted by Crippen LogP contribution is -2.25. The standard InChI is InChI=1S/C22H25ClN6O/c23-20-4-2-14(5-21(20)27-9-19-13-30-22(24)28-19)15-1-3-18(26-8-15)12-29-10-16-6-25-7-17(16)11-29/h1-5,8,13,16-17,25,27H,6-7,9-12H2,(H2,24,28). The van der Waals surface area contributed by atoms with E-state index in [0.29, 0.717) is 11.6 Å². The number of hydrogen-bond donors (Lipinski definition) is 3. The molecule has 8 heteroatoms. The van der Waals surface area contributed by atoms with Gasteiger partial charge in [-0.05, 0) is 48.7 Å². The summed E-state index contributed by atoms with van der Waals surface area (Å²) in [7, 11) is 0. The van der Waals surface area contributed by atoms with Gasteiger partial charge in [-0.3, -0.25) is 9.88 Å². The Bertz CT molecular complexity index is 1010. The van der Waals surface area contributed by atoms with Gasteiger partial charge in [0.2, 0.25) is 0 Å². The Kier molecular flexibility index (Phi) is 5.33. The molecule has 156 valence electrons. The molecule has 0 aliphatic carbocycles. The third-order valence-electron chi connectivity index (χ3n) is 6.00. The summed E-state index contributed by atoms with van der Waals surface area (Å²) in [4.78, 5) is 11.3. The Labute approximate surface area is 180 Å². The zero-order valence-electron chi connectivity index (χ0n) is 16.6. The molecule has 2 aliphatic heterocycles. The molecule has 5 rings (SSSR count). The van der Waals surface area contributed by atoms with Crippen LogP contribution in [0.2, 0.25) is 5.02 Å². The van der Waals surface area contributed by atoms with Gasteiger partial charge in [-0.25, -0.2) is 0 Å². The molecule has 2 unspecified atom stereocenters. The number of nitrogens with one attached hydrogen (secondary N) is 2. The van der Waals surface area contributed by atoms with Gasteiger partial charge in [0.25, 0.3) is 6.01 Å². The van der Waals surface area contributed by atoms with Crippen LogP contribution in [0, 0.1) is 11.8 Å². The van der Waals surface area contributed by atoms with E-state index in [-0.39, 0.29) is 6.01 Å². The molecule has 30 heavy (non-hydrogen) atoms. The molecule has 0 radical (unpaired) electrons. The fraction of sp³-hybridized carbons (Fsp3) is 0.364. The van der Waals surface area contributed by atoms with Crippen molar-refractivity contribution >= 4 is 23.3 Å². The van der Waals surface area contributed by atoms with Crippen molar-refractivity contribution in [3.05, 3.63) is 59.2 Å². The molecular weight excluding hydrogens is 400 g/mol. The number of nitrogens with zero attached hydrogens (tertiary/aromatic N) is 3. The van der Waals surface area contributed by atoms with E-state index in [4.69, 9.17) is 26.7 Å². The number of pyridine rings is 1. The van der Waals surface area contributed by atoms with Crippen LogP contribution in [-0.2, 0) is 13.1 Å². The summed E-state index contributed by atoms with van der Waals surface area (Å²) in [6.45, 7) is 6.06. The summed E-state index contributed by atoms with van der Waals surface area (Å²) < 4.78 is 5.04. The van der Waals surface area contributed by atoms with Crippen LogP contribution >= 0.6 is 11.6 Å². The lowest BCUT2D eigenvalue weighted by atomic mass is 10.0. The molecule has 0 bridgehead atoms. The van der Waals surface area contributed by atoms with Crippen LogP contribution in [0.4, 0.5) is 11.7 Å². The van der Waals surface area contributed by atoms with Crippen LogP contribution in [0.3, 0.4) is 0 Å². The summed E-state index contributed by atoms with van der Waals surface area (Å²) >= 11 is 6.36. The number of aromatic nitrogens is 2. The second kappa shape index (κ2) is 8.26. The molecule has 0 amide bonds. The number of likely N-dealkylation sites (tertiary alicyclic amines) is 1. The van der Waals surface area contributed by atoms with Crippen molar-refractivity contribution in [1.82, 2.24) is 20.2 Å². The van der Waals surface area contributed by atoms with Crippen molar-refractivity contribution in [3.8, 4) is 11.1 Å². The monoisotopic (exact) mass is 424 g/mol. The normalized spacial score (nSPS) is 21.1. The molecule has 2 saturated heterocycles. The van der Waals surface area contributed by atoms with E-state index >= 15 is 0 Å². The number of nitrogens with two attached hydrogens (primary N) is 1. The summed E-state index contributed by atoms with van der Waals surface area (Å²) in [6, 6.07) is 10.3. The van der Waals surface area contributed by atoms with Crippen molar-refractivity contribution < 1.29 is 4.42 Å². The highest BCUT2D eigenvalue weighted by Gasteiger charge is 2.35. The highest BCUT2D eigenvalue weighted by atomic mass is 35.5. The smallest absolute Gasteiger partial charge is 0.292 e. The molecular formula is C22H25ClN6O. The number of fused-ring (bicyclic) bond motifs is 1. The van der Waals surface area contributed by atoms with Gasteiger partial charge in [0.1, 0.15) is 12.0 Å². The van der Waals surface area contributed by atoms with Crippen molar-refractivity contribution in [2.24, 2.45) is 11.8 Å². The summed E-state index contributed by atoms with van der Waals surface area (Å²) in [5.41, 5.74) is 10.3. The maximum atomic E-state index is 6.36. The molecule has 3 aromatic rings. The highest BCUT2D eigenvalue weighted by Crippen LogP contribution is 2.30. The topological polar surface area (TPSA) is 92.2 Å². The molecule has 7 nitrogen and oxygen atoms in total. The lowest BCUT2D eigenvalue weighted by Gasteiger charge is -2.16. The van der Waals surface area contributed by atoms with Gasteiger partial charge in [0, 0.05) is 31.4 Å². The Morgan fingerprint density at radius 3 is 2.63 bits per heavy atom. The fourth-order valence-electron chi connectivity index (χ4n) is 4.43. The SMILES string of the molecule is Nc1nc(CNc2cc(-c3ccc(CN4CC5CNCC5C4)nc3)ccc2Cl)co1. The molecule has 4 N–H and O–H groups in total. The fourth-order valence-corrected chi connectivity index (χ4v) is 4.61. The predicted octanol–water partition coefficient (Wildman–Crippen LogP) is 3.24. The van der Waals surface area contributed by atoms with E-state index < -0.39 is 0 Å². The van der Waals surface area contributed by atoms with E-state index in [0.717, 1.165) is 59.7 Å². The number of anilines is 2. The van der Waals surface area contributed by atoms with Gasteiger partial charge >= 0.3 is 0 Å². The molecule has 2 aromatic heterocycles. The first kappa shape index (κ1) is 19.4. The first-order chi connectivity index (χ1) is 14.6. The van der Waals surface area contributed by atoms with E-state index in [9.17, 15) is 0 Å². The Hall–Kier alpha value is -2.61. The zero-order valence-corrected chi connectivity index (χ0v) is 17.4. The lowest BCUT2D eigenvalue weighted by molar-refractivity contribution is 0.302. The second-order valence-electron chi connectivity index (χ2n) is 8.14. The first-order valence-corrected chi connectivity index (χ1v) is 10.6. The minimum absolute atomic E-state index is 0.159. The van der Waals surface area contributed by atoms with Gasteiger partial charge in [-0.1, -0.05) is 23.7 Å². The van der Waals surface area contributed by atoms with E-state index in [2.05, 4.69) is 32.7 Å². The Balaban J connectivity index is 1.25. The number of nitrogen functional groups attached to an aromatic ring is 1. The van der Waals surface area contributed by atoms with Gasteiger partial charge in [-0.2, -0.15) is 4.98 Å². The number of oxazole rings is 1. The average Bonchev–Trinajstić information content (AvgIpc) is 3.45. The summed E-state index contributed by atoms with van der Waals surface area (Å²) in [6.07, 6.45) is 3.48.